The number of hydrogen-bond donors (Lipinski definition) is 3. The molecule has 3 atom stereocenters. The Morgan fingerprint density at radius 3 is 2.38 bits per heavy atom. The van der Waals surface area contributed by atoms with Gasteiger partial charge in [0.25, 0.3) is 0 Å². The fourth-order valence-electron chi connectivity index (χ4n) is 3.72. The van der Waals surface area contributed by atoms with Crippen LogP contribution in [0.4, 0.5) is 0 Å². The van der Waals surface area contributed by atoms with Crippen LogP contribution >= 0.6 is 0 Å². The molecule has 0 aliphatic carbocycles. The van der Waals surface area contributed by atoms with E-state index in [2.05, 4.69) is 17.3 Å². The third kappa shape index (κ3) is 3.61. The Bertz CT molecular complexity index is 1070. The first kappa shape index (κ1) is 19.9. The number of ether oxygens (including phenoxy) is 1. The molecular weight excluding hydrogens is 366 g/mol. The lowest BCUT2D eigenvalue weighted by atomic mass is 9.76. The largest absolute Gasteiger partial charge is 0.497 e. The highest BCUT2D eigenvalue weighted by molar-refractivity contribution is 5.71. The van der Waals surface area contributed by atoms with Crippen molar-refractivity contribution in [3.8, 4) is 17.9 Å². The molecule has 29 heavy (non-hydrogen) atoms. The molecule has 1 aliphatic rings. The fourth-order valence-corrected chi connectivity index (χ4v) is 3.72. The van der Waals surface area contributed by atoms with Gasteiger partial charge >= 0.3 is 0 Å². The van der Waals surface area contributed by atoms with Gasteiger partial charge in [0.1, 0.15) is 17.4 Å². The molecule has 3 N–H and O–H groups in total. The van der Waals surface area contributed by atoms with Crippen LogP contribution in [0.25, 0.3) is 0 Å². The van der Waals surface area contributed by atoms with Crippen molar-refractivity contribution < 1.29 is 14.4 Å². The number of nitrogens with one attached hydrogen (secondary N) is 2. The summed E-state index contributed by atoms with van der Waals surface area (Å²) in [6, 6.07) is 16.2. The number of hydrogen-bond acceptors (Lipinski definition) is 6. The standard InChI is InChI=1S/C22H20N5O2/c1-22(28)21(27-10-4-3-5-11-27)19(15-6-8-17(29-2)9-7-15)18(14-25)20(26-22)16(12-23)13-24/h3-11,19,21,23,26,28H,1-2H3/q+1/t19-,21+,22+/m0/s1. The second-order valence-corrected chi connectivity index (χ2v) is 6.80. The smallest absolute Gasteiger partial charge is 0.216 e. The molecule has 1 aliphatic heterocycles. The lowest BCUT2D eigenvalue weighted by Crippen LogP contribution is -2.63. The van der Waals surface area contributed by atoms with Gasteiger partial charge in [-0.15, -0.1) is 0 Å². The first-order chi connectivity index (χ1) is 14.0. The molecule has 0 unspecified atom stereocenters. The summed E-state index contributed by atoms with van der Waals surface area (Å²) in [5, 5.41) is 41.1. The maximum absolute atomic E-state index is 11.3. The van der Waals surface area contributed by atoms with Gasteiger partial charge in [-0.05, 0) is 30.5 Å². The maximum atomic E-state index is 11.3. The van der Waals surface area contributed by atoms with Crippen molar-refractivity contribution >= 4 is 5.87 Å². The SMILES string of the molecule is COc1ccc([C@H]2C(C#N)=C(C(=C=N)C#N)N[C@](C)(O)[C@@H]2[n+]2ccccc2)cc1. The van der Waals surface area contributed by atoms with E-state index in [-0.39, 0.29) is 16.8 Å². The van der Waals surface area contributed by atoms with E-state index in [1.54, 1.807) is 26.2 Å². The van der Waals surface area contributed by atoms with Gasteiger partial charge in [-0.3, -0.25) is 5.41 Å². The predicted molar refractivity (Wildman–Crippen MR) is 105 cm³/mol. The van der Waals surface area contributed by atoms with Crippen LogP contribution in [-0.4, -0.2) is 23.8 Å². The third-order valence-corrected chi connectivity index (χ3v) is 4.99. The highest BCUT2D eigenvalue weighted by Gasteiger charge is 2.52. The Morgan fingerprint density at radius 1 is 1.21 bits per heavy atom. The first-order valence-electron chi connectivity index (χ1n) is 8.91. The minimum absolute atomic E-state index is 0.114. The normalized spacial score (nSPS) is 23.2. The van der Waals surface area contributed by atoms with Gasteiger partial charge in [-0.1, -0.05) is 18.2 Å². The molecule has 0 saturated heterocycles. The monoisotopic (exact) mass is 386 g/mol. The average molecular weight is 386 g/mol. The molecule has 0 radical (unpaired) electrons. The van der Waals surface area contributed by atoms with Crippen molar-refractivity contribution in [1.29, 1.82) is 15.9 Å². The molecule has 0 amide bonds. The van der Waals surface area contributed by atoms with E-state index in [1.807, 2.05) is 53.4 Å². The summed E-state index contributed by atoms with van der Waals surface area (Å²) in [5.74, 6) is 2.15. The number of allylic oxidation sites excluding steroid dienone is 2. The minimum Gasteiger partial charge on any atom is -0.497 e. The Labute approximate surface area is 168 Å². The van der Waals surface area contributed by atoms with Crippen LogP contribution in [0.5, 0.6) is 5.75 Å². The van der Waals surface area contributed by atoms with Crippen molar-refractivity contribution in [2.45, 2.75) is 24.6 Å². The van der Waals surface area contributed by atoms with Gasteiger partial charge in [-0.2, -0.15) is 15.1 Å². The van der Waals surface area contributed by atoms with Gasteiger partial charge in [0, 0.05) is 12.1 Å². The molecule has 3 rings (SSSR count). The summed E-state index contributed by atoms with van der Waals surface area (Å²) in [4.78, 5) is 0. The van der Waals surface area contributed by atoms with Crippen molar-refractivity contribution in [2.24, 2.45) is 0 Å². The van der Waals surface area contributed by atoms with E-state index in [0.717, 1.165) is 5.56 Å². The Hall–Kier alpha value is -3.90. The molecule has 0 saturated carbocycles. The maximum Gasteiger partial charge on any atom is 0.216 e. The number of benzene rings is 1. The summed E-state index contributed by atoms with van der Waals surface area (Å²) < 4.78 is 7.06. The number of methoxy groups -OCH3 is 1. The minimum atomic E-state index is -1.52. The van der Waals surface area contributed by atoms with Crippen molar-refractivity contribution in [2.75, 3.05) is 7.11 Å². The van der Waals surface area contributed by atoms with E-state index in [1.165, 1.54) is 0 Å². The zero-order valence-electron chi connectivity index (χ0n) is 16.0. The zero-order valence-corrected chi connectivity index (χ0v) is 16.0. The van der Waals surface area contributed by atoms with Crippen molar-refractivity contribution in [3.63, 3.8) is 0 Å². The molecule has 1 aromatic heterocycles. The van der Waals surface area contributed by atoms with Gasteiger partial charge in [-0.25, -0.2) is 0 Å². The molecule has 1 aromatic carbocycles. The lowest BCUT2D eigenvalue weighted by molar-refractivity contribution is -0.741. The van der Waals surface area contributed by atoms with Crippen molar-refractivity contribution in [3.05, 3.63) is 77.3 Å². The molecule has 7 nitrogen and oxygen atoms in total. The van der Waals surface area contributed by atoms with E-state index in [0.29, 0.717) is 5.75 Å². The average Bonchev–Trinajstić information content (AvgIpc) is 2.74. The first-order valence-corrected chi connectivity index (χ1v) is 8.91. The van der Waals surface area contributed by atoms with Crippen LogP contribution < -0.4 is 14.6 Å². The highest BCUT2D eigenvalue weighted by Crippen LogP contribution is 2.43. The van der Waals surface area contributed by atoms with Crippen LogP contribution in [0.3, 0.4) is 0 Å². The van der Waals surface area contributed by atoms with Gasteiger partial charge in [0.05, 0.1) is 30.4 Å². The molecule has 2 aromatic rings. The van der Waals surface area contributed by atoms with Crippen LogP contribution in [0.15, 0.2) is 71.7 Å². The Balaban J connectivity index is 2.31. The number of aliphatic hydroxyl groups is 1. The van der Waals surface area contributed by atoms with Crippen LogP contribution in [0.2, 0.25) is 0 Å². The number of nitrogens with zero attached hydrogens (tertiary/aromatic N) is 3. The van der Waals surface area contributed by atoms with E-state index in [4.69, 9.17) is 10.1 Å². The molecule has 0 bridgehead atoms. The molecule has 144 valence electrons. The molecule has 2 heterocycles. The number of nitriles is 2. The van der Waals surface area contributed by atoms with E-state index in [9.17, 15) is 15.6 Å². The number of pyridine rings is 1. The zero-order chi connectivity index (χ0) is 21.0. The van der Waals surface area contributed by atoms with Crippen LogP contribution in [0, 0.1) is 28.1 Å². The van der Waals surface area contributed by atoms with Gasteiger partial charge in [0.2, 0.25) is 6.04 Å². The number of aromatic nitrogens is 1. The van der Waals surface area contributed by atoms with Gasteiger partial charge in [0.15, 0.2) is 18.1 Å². The second-order valence-electron chi connectivity index (χ2n) is 6.80. The topological polar surface area (TPSA) is 117 Å². The summed E-state index contributed by atoms with van der Waals surface area (Å²) in [6.07, 6.45) is 3.63. The predicted octanol–water partition coefficient (Wildman–Crippen LogP) is 2.10. The van der Waals surface area contributed by atoms with Crippen molar-refractivity contribution in [1.82, 2.24) is 5.32 Å². The Morgan fingerprint density at radius 2 is 1.86 bits per heavy atom. The number of rotatable bonds is 4. The van der Waals surface area contributed by atoms with E-state index >= 15 is 0 Å². The van der Waals surface area contributed by atoms with Crippen LogP contribution in [0.1, 0.15) is 24.4 Å². The second kappa shape index (κ2) is 8.00. The quantitative estimate of drug-likeness (QED) is 0.423. The van der Waals surface area contributed by atoms with Gasteiger partial charge < -0.3 is 15.2 Å². The summed E-state index contributed by atoms with van der Waals surface area (Å²) in [5.41, 5.74) is -0.532. The Kier molecular flexibility index (Phi) is 5.47. The fraction of sp³-hybridized carbons (Fsp3) is 0.227. The molecule has 0 fully saturated rings. The third-order valence-electron chi connectivity index (χ3n) is 4.99. The summed E-state index contributed by atoms with van der Waals surface area (Å²) in [7, 11) is 1.57. The molecule has 7 heteroatoms. The highest BCUT2D eigenvalue weighted by atomic mass is 16.5. The van der Waals surface area contributed by atoms with E-state index < -0.39 is 17.7 Å². The summed E-state index contributed by atoms with van der Waals surface area (Å²) in [6.45, 7) is 1.58. The lowest BCUT2D eigenvalue weighted by Gasteiger charge is -2.40. The van der Waals surface area contributed by atoms with Crippen LogP contribution in [-0.2, 0) is 0 Å². The molecular formula is C22H20N5O2+. The summed E-state index contributed by atoms with van der Waals surface area (Å²) >= 11 is 0. The molecule has 0 spiro atoms.